The molecule has 0 aliphatic heterocycles. The zero-order chi connectivity index (χ0) is 18.7. The number of carbonyl (C=O) groups excluding carboxylic acids is 2. The van der Waals surface area contributed by atoms with Crippen molar-refractivity contribution in [2.24, 2.45) is 5.73 Å². The Hall–Kier alpha value is -2.81. The molecule has 140 valence electrons. The minimum Gasteiger partial charge on any atom is -0.348 e. The zero-order valence-corrected chi connectivity index (χ0v) is 13.9. The van der Waals surface area contributed by atoms with Gasteiger partial charge in [0.2, 0.25) is 0 Å². The maximum Gasteiger partial charge on any atom is 0.271 e. The molecule has 3 rings (SSSR count). The van der Waals surface area contributed by atoms with Crippen LogP contribution in [-0.4, -0.2) is 34.1 Å². The second-order valence-corrected chi connectivity index (χ2v) is 6.29. The maximum absolute atomic E-state index is 13.7. The number of amides is 2. The van der Waals surface area contributed by atoms with E-state index in [1.54, 1.807) is 0 Å². The van der Waals surface area contributed by atoms with Crippen LogP contribution < -0.4 is 16.4 Å². The van der Waals surface area contributed by atoms with Crippen LogP contribution in [0.5, 0.6) is 0 Å². The van der Waals surface area contributed by atoms with Crippen molar-refractivity contribution in [3.8, 4) is 0 Å². The third-order valence-electron chi connectivity index (χ3n) is 4.41. The van der Waals surface area contributed by atoms with Gasteiger partial charge in [0.1, 0.15) is 22.9 Å². The van der Waals surface area contributed by atoms with Crippen molar-refractivity contribution in [3.63, 3.8) is 0 Å². The molecular formula is C17H21F2N5O2. The average Bonchev–Trinajstić information content (AvgIpc) is 3.05. The summed E-state index contributed by atoms with van der Waals surface area (Å²) in [5.41, 5.74) is 5.18. The van der Waals surface area contributed by atoms with E-state index in [4.69, 9.17) is 5.73 Å². The second-order valence-electron chi connectivity index (χ2n) is 6.29. The summed E-state index contributed by atoms with van der Waals surface area (Å²) in [7, 11) is 0. The quantitative estimate of drug-likeness (QED) is 0.665. The van der Waals surface area contributed by atoms with Crippen LogP contribution in [0, 0.1) is 11.6 Å². The smallest absolute Gasteiger partial charge is 0.271 e. The summed E-state index contributed by atoms with van der Waals surface area (Å²) in [5.74, 6) is -3.43. The normalized spacial score (nSPS) is 19.8. The maximum atomic E-state index is 13.7. The lowest BCUT2D eigenvalue weighted by atomic mass is 9.92. The lowest BCUT2D eigenvalue weighted by Crippen LogP contribution is -2.40. The van der Waals surface area contributed by atoms with Gasteiger partial charge in [0.15, 0.2) is 0 Å². The van der Waals surface area contributed by atoms with Crippen LogP contribution in [0.25, 0.3) is 0 Å². The zero-order valence-electron chi connectivity index (χ0n) is 13.9. The van der Waals surface area contributed by atoms with E-state index in [0.717, 1.165) is 43.9 Å². The Bertz CT molecular complexity index is 801. The number of anilines is 1. The van der Waals surface area contributed by atoms with Crippen molar-refractivity contribution in [1.82, 2.24) is 15.5 Å². The molecule has 7 nitrogen and oxygen atoms in total. The van der Waals surface area contributed by atoms with E-state index in [-0.39, 0.29) is 24.9 Å². The fourth-order valence-electron chi connectivity index (χ4n) is 2.97. The molecule has 5 N–H and O–H groups in total. The molecule has 1 fully saturated rings. The fraction of sp³-hybridized carbons (Fsp3) is 0.353. The summed E-state index contributed by atoms with van der Waals surface area (Å²) in [4.78, 5) is 24.6. The van der Waals surface area contributed by atoms with Crippen molar-refractivity contribution in [1.29, 1.82) is 0 Å². The van der Waals surface area contributed by atoms with Crippen LogP contribution in [0.15, 0.2) is 24.4 Å². The highest BCUT2D eigenvalue weighted by atomic mass is 19.1. The highest BCUT2D eigenvalue weighted by Gasteiger charge is 2.24. The Morgan fingerprint density at radius 3 is 2.46 bits per heavy atom. The number of hydrogen-bond acceptors (Lipinski definition) is 4. The number of carbonyl (C=O) groups is 2. The van der Waals surface area contributed by atoms with Gasteiger partial charge in [0.25, 0.3) is 11.8 Å². The molecule has 1 aromatic heterocycles. The monoisotopic (exact) mass is 365 g/mol. The second kappa shape index (κ2) is 7.61. The van der Waals surface area contributed by atoms with Crippen LogP contribution in [0.4, 0.5) is 14.5 Å². The van der Waals surface area contributed by atoms with E-state index in [1.165, 1.54) is 6.20 Å². The van der Waals surface area contributed by atoms with Crippen LogP contribution >= 0.6 is 0 Å². The molecule has 0 bridgehead atoms. The van der Waals surface area contributed by atoms with E-state index >= 15 is 0 Å². The molecule has 1 aromatic carbocycles. The van der Waals surface area contributed by atoms with E-state index in [2.05, 4.69) is 20.8 Å². The number of H-pyrrole nitrogens is 1. The molecule has 1 aliphatic rings. The average molecular weight is 365 g/mol. The van der Waals surface area contributed by atoms with Gasteiger partial charge in [0.05, 0.1) is 11.9 Å². The minimum atomic E-state index is -1.00. The lowest BCUT2D eigenvalue weighted by Gasteiger charge is -2.26. The van der Waals surface area contributed by atoms with Gasteiger partial charge in [-0.05, 0) is 37.8 Å². The molecule has 0 spiro atoms. The third-order valence-corrected chi connectivity index (χ3v) is 4.41. The number of aromatic nitrogens is 2. The lowest BCUT2D eigenvalue weighted by molar-refractivity contribution is 0.0921. The molecule has 9 heteroatoms. The Morgan fingerprint density at radius 1 is 1.15 bits per heavy atom. The summed E-state index contributed by atoms with van der Waals surface area (Å²) in [6.45, 7) is 0. The number of benzene rings is 1. The Morgan fingerprint density at radius 2 is 1.81 bits per heavy atom. The van der Waals surface area contributed by atoms with Crippen LogP contribution in [0.1, 0.15) is 48.0 Å². The van der Waals surface area contributed by atoms with Gasteiger partial charge in [-0.3, -0.25) is 14.7 Å². The molecule has 0 saturated heterocycles. The summed E-state index contributed by atoms with van der Waals surface area (Å²) in [6.07, 6.45) is 4.39. The van der Waals surface area contributed by atoms with E-state index < -0.39 is 29.0 Å². The highest BCUT2D eigenvalue weighted by molar-refractivity contribution is 6.08. The number of aromatic amines is 1. The first-order valence-electron chi connectivity index (χ1n) is 8.31. The number of hydrogen-bond donors (Lipinski definition) is 4. The summed E-state index contributed by atoms with van der Waals surface area (Å²) < 4.78 is 27.4. The predicted molar refractivity (Wildman–Crippen MR) is 92.7 cm³/mol. The number of nitrogens with one attached hydrogen (secondary N) is 3. The molecule has 1 heterocycles. The summed E-state index contributed by atoms with van der Waals surface area (Å²) in [5, 5.41) is 11.4. The van der Waals surface area contributed by atoms with Crippen molar-refractivity contribution in [2.75, 3.05) is 5.32 Å². The standard InChI is InChI=1S/C17H19F2N5O2.H2/c18-11-2-1-3-12(19)14(11)16(25)23-13-8-21-24-15(13)17(26)22-10-6-4-9(20)5-7-10;/h1-3,8-10H,4-7,20H2,(H,21,24)(H,22,26)(H,23,25);1H. The van der Waals surface area contributed by atoms with Gasteiger partial charge in [0, 0.05) is 13.5 Å². The van der Waals surface area contributed by atoms with Crippen molar-refractivity contribution in [3.05, 3.63) is 47.3 Å². The predicted octanol–water partition coefficient (Wildman–Crippen LogP) is 2.19. The molecule has 0 unspecified atom stereocenters. The van der Waals surface area contributed by atoms with Gasteiger partial charge in [-0.2, -0.15) is 5.10 Å². The molecule has 26 heavy (non-hydrogen) atoms. The molecule has 0 atom stereocenters. The molecule has 1 aliphatic carbocycles. The first-order valence-corrected chi connectivity index (χ1v) is 8.31. The number of nitrogens with zero attached hydrogens (tertiary/aromatic N) is 1. The molecule has 2 amide bonds. The van der Waals surface area contributed by atoms with Crippen molar-refractivity contribution >= 4 is 17.5 Å². The van der Waals surface area contributed by atoms with Crippen LogP contribution in [0.3, 0.4) is 0 Å². The number of halogens is 2. The van der Waals surface area contributed by atoms with Crippen LogP contribution in [-0.2, 0) is 0 Å². The number of nitrogens with two attached hydrogens (primary N) is 1. The first kappa shape index (κ1) is 18.0. The topological polar surface area (TPSA) is 113 Å². The molecule has 2 aromatic rings. The minimum absolute atomic E-state index is 0. The SMILES string of the molecule is NC1CCC(NC(=O)c2[nH]ncc2NC(=O)c2c(F)cccc2F)CC1.[HH]. The van der Waals surface area contributed by atoms with Gasteiger partial charge < -0.3 is 16.4 Å². The fourth-order valence-corrected chi connectivity index (χ4v) is 2.97. The van der Waals surface area contributed by atoms with E-state index in [0.29, 0.717) is 0 Å². The van der Waals surface area contributed by atoms with Gasteiger partial charge in [-0.1, -0.05) is 6.07 Å². The van der Waals surface area contributed by atoms with Crippen molar-refractivity contribution < 1.29 is 19.8 Å². The molecule has 0 radical (unpaired) electrons. The van der Waals surface area contributed by atoms with Gasteiger partial charge >= 0.3 is 0 Å². The largest absolute Gasteiger partial charge is 0.348 e. The third kappa shape index (κ3) is 3.88. The van der Waals surface area contributed by atoms with Crippen molar-refractivity contribution in [2.45, 2.75) is 37.8 Å². The Kier molecular flexibility index (Phi) is 5.27. The highest BCUT2D eigenvalue weighted by Crippen LogP contribution is 2.20. The first-order chi connectivity index (χ1) is 12.5. The van der Waals surface area contributed by atoms with E-state index in [1.807, 2.05) is 0 Å². The van der Waals surface area contributed by atoms with E-state index in [9.17, 15) is 18.4 Å². The van der Waals surface area contributed by atoms with Gasteiger partial charge in [-0.15, -0.1) is 0 Å². The van der Waals surface area contributed by atoms with Crippen LogP contribution in [0.2, 0.25) is 0 Å². The molecular weight excluding hydrogens is 344 g/mol. The Balaban J connectivity index is 0.00000261. The van der Waals surface area contributed by atoms with Gasteiger partial charge in [-0.25, -0.2) is 8.78 Å². The molecule has 1 saturated carbocycles. The summed E-state index contributed by atoms with van der Waals surface area (Å²) >= 11 is 0. The Labute approximate surface area is 149 Å². The summed E-state index contributed by atoms with van der Waals surface area (Å²) in [6, 6.07) is 3.26. The number of rotatable bonds is 4.